The van der Waals surface area contributed by atoms with Crippen LogP contribution in [0.5, 0.6) is 0 Å². The van der Waals surface area contributed by atoms with Gasteiger partial charge in [0.05, 0.1) is 0 Å². The van der Waals surface area contributed by atoms with E-state index < -0.39 is 0 Å². The smallest absolute Gasteiger partial charge is 0.0406 e. The third-order valence-electron chi connectivity index (χ3n) is 2.91. The zero-order chi connectivity index (χ0) is 10.7. The Labute approximate surface area is 109 Å². The van der Waals surface area contributed by atoms with Gasteiger partial charge in [0.15, 0.2) is 0 Å². The van der Waals surface area contributed by atoms with Crippen LogP contribution >= 0.6 is 24.0 Å². The summed E-state index contributed by atoms with van der Waals surface area (Å²) in [5.41, 5.74) is 1.36. The summed E-state index contributed by atoms with van der Waals surface area (Å²) in [5.74, 6) is 0.956. The average molecular weight is 260 g/mol. The van der Waals surface area contributed by atoms with Gasteiger partial charge in [0.2, 0.25) is 0 Å². The van der Waals surface area contributed by atoms with Crippen LogP contribution in [0.4, 0.5) is 0 Å². The quantitative estimate of drug-likeness (QED) is 0.851. The van der Waals surface area contributed by atoms with Crippen molar-refractivity contribution in [3.63, 3.8) is 0 Å². The molecule has 1 aliphatic carbocycles. The van der Waals surface area contributed by atoms with Gasteiger partial charge in [-0.1, -0.05) is 23.7 Å². The molecule has 0 amide bonds. The highest BCUT2D eigenvalue weighted by atomic mass is 35.5. The van der Waals surface area contributed by atoms with Crippen molar-refractivity contribution in [3.8, 4) is 0 Å². The first-order valence-corrected chi connectivity index (χ1v) is 6.09. The number of benzene rings is 1. The third kappa shape index (κ3) is 4.73. The van der Waals surface area contributed by atoms with E-state index in [0.717, 1.165) is 17.4 Å². The third-order valence-corrected chi connectivity index (χ3v) is 3.16. The van der Waals surface area contributed by atoms with Gasteiger partial charge in [0.25, 0.3) is 0 Å². The zero-order valence-corrected chi connectivity index (χ0v) is 11.2. The molecule has 1 N–H and O–H groups in total. The van der Waals surface area contributed by atoms with Gasteiger partial charge in [-0.2, -0.15) is 0 Å². The summed E-state index contributed by atoms with van der Waals surface area (Å²) in [6.45, 7) is 3.44. The van der Waals surface area contributed by atoms with E-state index in [1.54, 1.807) is 0 Å². The second-order valence-electron chi connectivity index (χ2n) is 4.58. The molecule has 0 heterocycles. The van der Waals surface area contributed by atoms with E-state index in [1.807, 2.05) is 12.1 Å². The predicted molar refractivity (Wildman–Crippen MR) is 72.6 cm³/mol. The summed E-state index contributed by atoms with van der Waals surface area (Å²) < 4.78 is 0. The SMILES string of the molecule is CC(Cc1ccc(Cl)cc1)NCC1CC1.Cl. The summed E-state index contributed by atoms with van der Waals surface area (Å²) in [7, 11) is 0. The molecule has 1 aromatic rings. The largest absolute Gasteiger partial charge is 0.314 e. The average Bonchev–Trinajstić information content (AvgIpc) is 3.02. The van der Waals surface area contributed by atoms with Gasteiger partial charge in [0, 0.05) is 11.1 Å². The van der Waals surface area contributed by atoms with Crippen molar-refractivity contribution in [2.75, 3.05) is 6.54 Å². The number of nitrogens with one attached hydrogen (secondary N) is 1. The molecule has 2 rings (SSSR count). The van der Waals surface area contributed by atoms with Crippen molar-refractivity contribution in [3.05, 3.63) is 34.9 Å². The summed E-state index contributed by atoms with van der Waals surface area (Å²) >= 11 is 5.84. The van der Waals surface area contributed by atoms with Crippen molar-refractivity contribution < 1.29 is 0 Å². The van der Waals surface area contributed by atoms with Gasteiger partial charge >= 0.3 is 0 Å². The maximum Gasteiger partial charge on any atom is 0.0406 e. The molecule has 0 aliphatic heterocycles. The van der Waals surface area contributed by atoms with E-state index in [4.69, 9.17) is 11.6 Å². The van der Waals surface area contributed by atoms with Crippen LogP contribution in [0.1, 0.15) is 25.3 Å². The number of halogens is 2. The molecule has 90 valence electrons. The lowest BCUT2D eigenvalue weighted by Gasteiger charge is -2.13. The molecule has 1 fully saturated rings. The fourth-order valence-electron chi connectivity index (χ4n) is 1.74. The minimum Gasteiger partial charge on any atom is -0.314 e. The van der Waals surface area contributed by atoms with E-state index in [1.165, 1.54) is 24.9 Å². The molecule has 1 aliphatic rings. The summed E-state index contributed by atoms with van der Waals surface area (Å²) in [6.07, 6.45) is 3.92. The van der Waals surface area contributed by atoms with E-state index >= 15 is 0 Å². The highest BCUT2D eigenvalue weighted by molar-refractivity contribution is 6.30. The molecule has 0 bridgehead atoms. The van der Waals surface area contributed by atoms with Crippen LogP contribution in [-0.4, -0.2) is 12.6 Å². The van der Waals surface area contributed by atoms with Crippen LogP contribution in [0.25, 0.3) is 0 Å². The standard InChI is InChI=1S/C13H18ClN.ClH/c1-10(15-9-12-2-3-12)8-11-4-6-13(14)7-5-11;/h4-7,10,12,15H,2-3,8-9H2,1H3;1H. The first kappa shape index (κ1) is 13.8. The highest BCUT2D eigenvalue weighted by Crippen LogP contribution is 2.27. The van der Waals surface area contributed by atoms with Gasteiger partial charge in [-0.25, -0.2) is 0 Å². The fourth-order valence-corrected chi connectivity index (χ4v) is 1.86. The molecule has 0 aromatic heterocycles. The minimum atomic E-state index is 0. The molecule has 1 atom stereocenters. The molecule has 1 saturated carbocycles. The van der Waals surface area contributed by atoms with Crippen LogP contribution in [0.2, 0.25) is 5.02 Å². The molecule has 16 heavy (non-hydrogen) atoms. The van der Waals surface area contributed by atoms with Gasteiger partial charge in [-0.3, -0.25) is 0 Å². The van der Waals surface area contributed by atoms with Crippen molar-refractivity contribution in [1.82, 2.24) is 5.32 Å². The van der Waals surface area contributed by atoms with Crippen molar-refractivity contribution in [2.24, 2.45) is 5.92 Å². The first-order valence-electron chi connectivity index (χ1n) is 5.72. The Morgan fingerprint density at radius 1 is 1.31 bits per heavy atom. The normalized spacial score (nSPS) is 16.6. The van der Waals surface area contributed by atoms with Crippen molar-refractivity contribution in [2.45, 2.75) is 32.2 Å². The van der Waals surface area contributed by atoms with Gasteiger partial charge in [-0.05, 0) is 56.3 Å². The summed E-state index contributed by atoms with van der Waals surface area (Å²) in [4.78, 5) is 0. The molecule has 0 radical (unpaired) electrons. The maximum atomic E-state index is 5.84. The van der Waals surface area contributed by atoms with Gasteiger partial charge in [0.1, 0.15) is 0 Å². The number of rotatable bonds is 5. The Hall–Kier alpha value is -0.240. The zero-order valence-electron chi connectivity index (χ0n) is 9.58. The first-order chi connectivity index (χ1) is 7.24. The molecule has 0 spiro atoms. The molecule has 1 unspecified atom stereocenters. The molecule has 3 heteroatoms. The van der Waals surface area contributed by atoms with E-state index in [0.29, 0.717) is 6.04 Å². The highest BCUT2D eigenvalue weighted by Gasteiger charge is 2.21. The summed E-state index contributed by atoms with van der Waals surface area (Å²) in [6, 6.07) is 8.70. The number of hydrogen-bond donors (Lipinski definition) is 1. The predicted octanol–water partition coefficient (Wildman–Crippen LogP) is 3.69. The van der Waals surface area contributed by atoms with Crippen LogP contribution in [0.15, 0.2) is 24.3 Å². The second-order valence-corrected chi connectivity index (χ2v) is 5.02. The Kier molecular flexibility index (Phi) is 5.60. The van der Waals surface area contributed by atoms with Crippen LogP contribution in [-0.2, 0) is 6.42 Å². The molecule has 0 saturated heterocycles. The molecular formula is C13H19Cl2N. The van der Waals surface area contributed by atoms with Gasteiger partial charge < -0.3 is 5.32 Å². The van der Waals surface area contributed by atoms with Crippen LogP contribution in [0, 0.1) is 5.92 Å². The number of hydrogen-bond acceptors (Lipinski definition) is 1. The van der Waals surface area contributed by atoms with E-state index in [2.05, 4.69) is 24.4 Å². The molecule has 1 aromatic carbocycles. The lowest BCUT2D eigenvalue weighted by atomic mass is 10.1. The Morgan fingerprint density at radius 3 is 2.50 bits per heavy atom. The van der Waals surface area contributed by atoms with Gasteiger partial charge in [-0.15, -0.1) is 12.4 Å². The lowest BCUT2D eigenvalue weighted by molar-refractivity contribution is 0.526. The van der Waals surface area contributed by atoms with Crippen molar-refractivity contribution >= 4 is 24.0 Å². The van der Waals surface area contributed by atoms with Crippen molar-refractivity contribution in [1.29, 1.82) is 0 Å². The van der Waals surface area contributed by atoms with Crippen LogP contribution < -0.4 is 5.32 Å². The Bertz CT molecular complexity index is 306. The minimum absolute atomic E-state index is 0. The van der Waals surface area contributed by atoms with E-state index in [9.17, 15) is 0 Å². The maximum absolute atomic E-state index is 5.84. The fraction of sp³-hybridized carbons (Fsp3) is 0.538. The Balaban J connectivity index is 0.00000128. The summed E-state index contributed by atoms with van der Waals surface area (Å²) in [5, 5.41) is 4.39. The topological polar surface area (TPSA) is 12.0 Å². The monoisotopic (exact) mass is 259 g/mol. The Morgan fingerprint density at radius 2 is 1.94 bits per heavy atom. The lowest BCUT2D eigenvalue weighted by Crippen LogP contribution is -2.29. The van der Waals surface area contributed by atoms with Crippen LogP contribution in [0.3, 0.4) is 0 Å². The second kappa shape index (κ2) is 6.48. The van der Waals surface area contributed by atoms with E-state index in [-0.39, 0.29) is 12.4 Å². The molecular weight excluding hydrogens is 241 g/mol. The molecule has 1 nitrogen and oxygen atoms in total.